The summed E-state index contributed by atoms with van der Waals surface area (Å²) in [7, 11) is 0. The van der Waals surface area contributed by atoms with E-state index in [1.165, 1.54) is 32.1 Å². The van der Waals surface area contributed by atoms with Gasteiger partial charge in [-0.2, -0.15) is 0 Å². The number of likely N-dealkylation sites (tertiary alicyclic amines) is 1. The van der Waals surface area contributed by atoms with E-state index in [9.17, 15) is 0 Å². The summed E-state index contributed by atoms with van der Waals surface area (Å²) < 4.78 is 1.99. The van der Waals surface area contributed by atoms with Crippen molar-refractivity contribution in [3.05, 3.63) is 5.82 Å². The molecule has 2 fully saturated rings. The molecule has 6 heteroatoms. The summed E-state index contributed by atoms with van der Waals surface area (Å²) in [6.45, 7) is 2.20. The molecule has 0 bridgehead atoms. The van der Waals surface area contributed by atoms with Crippen LogP contribution in [0.25, 0.3) is 0 Å². The van der Waals surface area contributed by atoms with E-state index in [4.69, 9.17) is 5.11 Å². The minimum atomic E-state index is 0.273. The molecule has 0 aromatic carbocycles. The smallest absolute Gasteiger partial charge is 0.165 e. The molecule has 0 spiro atoms. The number of aliphatic hydroxyl groups is 1. The number of aliphatic hydroxyl groups excluding tert-OH is 1. The van der Waals surface area contributed by atoms with Crippen LogP contribution in [0.5, 0.6) is 0 Å². The topological polar surface area (TPSA) is 67.1 Å². The fraction of sp³-hybridized carbons (Fsp3) is 0.917. The van der Waals surface area contributed by atoms with Crippen molar-refractivity contribution < 1.29 is 5.11 Å². The number of hydrogen-bond donors (Lipinski definition) is 1. The first-order valence-corrected chi connectivity index (χ1v) is 7.00. The molecular weight excluding hydrogens is 230 g/mol. The Kier molecular flexibility index (Phi) is 3.56. The first kappa shape index (κ1) is 12.0. The molecule has 100 valence electrons. The quantitative estimate of drug-likeness (QED) is 0.836. The number of aromatic nitrogens is 4. The molecule has 1 saturated heterocycles. The molecule has 0 radical (unpaired) electrons. The highest BCUT2D eigenvalue weighted by molar-refractivity contribution is 4.92. The highest BCUT2D eigenvalue weighted by Crippen LogP contribution is 2.34. The Labute approximate surface area is 107 Å². The van der Waals surface area contributed by atoms with E-state index in [2.05, 4.69) is 20.4 Å². The van der Waals surface area contributed by atoms with E-state index in [0.29, 0.717) is 12.1 Å². The monoisotopic (exact) mass is 251 g/mol. The molecule has 1 aliphatic carbocycles. The van der Waals surface area contributed by atoms with Crippen molar-refractivity contribution in [3.8, 4) is 0 Å². The Morgan fingerprint density at radius 1 is 1.22 bits per heavy atom. The van der Waals surface area contributed by atoms with Gasteiger partial charge in [-0.1, -0.05) is 6.42 Å². The Morgan fingerprint density at radius 2 is 2.11 bits per heavy atom. The maximum absolute atomic E-state index is 9.14. The second kappa shape index (κ2) is 5.32. The van der Waals surface area contributed by atoms with Crippen molar-refractivity contribution in [2.24, 2.45) is 0 Å². The molecule has 1 saturated carbocycles. The van der Waals surface area contributed by atoms with Crippen LogP contribution in [-0.2, 0) is 6.54 Å². The summed E-state index contributed by atoms with van der Waals surface area (Å²) in [6, 6.07) is 1.03. The summed E-state index contributed by atoms with van der Waals surface area (Å²) in [5.41, 5.74) is 0. The van der Waals surface area contributed by atoms with Gasteiger partial charge in [-0.3, -0.25) is 4.90 Å². The van der Waals surface area contributed by atoms with E-state index < -0.39 is 0 Å². The first-order chi connectivity index (χ1) is 8.88. The first-order valence-electron chi connectivity index (χ1n) is 7.00. The van der Waals surface area contributed by atoms with Gasteiger partial charge in [-0.15, -0.1) is 5.10 Å². The zero-order valence-electron chi connectivity index (χ0n) is 10.7. The van der Waals surface area contributed by atoms with Crippen LogP contribution in [0.4, 0.5) is 0 Å². The maximum Gasteiger partial charge on any atom is 0.165 e. The molecule has 1 N–H and O–H groups in total. The van der Waals surface area contributed by atoms with E-state index in [1.54, 1.807) is 0 Å². The van der Waals surface area contributed by atoms with Crippen molar-refractivity contribution in [2.45, 2.75) is 57.2 Å². The third kappa shape index (κ3) is 2.54. The molecule has 3 rings (SSSR count). The molecular formula is C12H21N5O. The summed E-state index contributed by atoms with van der Waals surface area (Å²) in [4.78, 5) is 2.43. The molecule has 1 aromatic rings. The Bertz CT molecular complexity index is 388. The van der Waals surface area contributed by atoms with Crippen molar-refractivity contribution in [2.75, 3.05) is 13.2 Å². The van der Waals surface area contributed by atoms with Gasteiger partial charge in [0.05, 0.1) is 12.6 Å². The second-order valence-corrected chi connectivity index (χ2v) is 5.40. The lowest BCUT2D eigenvalue weighted by Crippen LogP contribution is -2.40. The summed E-state index contributed by atoms with van der Waals surface area (Å²) >= 11 is 0. The second-order valence-electron chi connectivity index (χ2n) is 5.40. The number of rotatable bonds is 5. The third-order valence-electron chi connectivity index (χ3n) is 4.01. The zero-order valence-corrected chi connectivity index (χ0v) is 10.7. The fourth-order valence-electron chi connectivity index (χ4n) is 2.84. The minimum absolute atomic E-state index is 0.273. The lowest BCUT2D eigenvalue weighted by atomic mass is 10.00. The molecule has 1 aliphatic heterocycles. The van der Waals surface area contributed by atoms with Gasteiger partial charge in [0.2, 0.25) is 0 Å². The normalized spacial score (nSPS) is 25.5. The van der Waals surface area contributed by atoms with Crippen molar-refractivity contribution in [1.82, 2.24) is 25.1 Å². The number of hydrogen-bond acceptors (Lipinski definition) is 5. The fourth-order valence-corrected chi connectivity index (χ4v) is 2.84. The van der Waals surface area contributed by atoms with Crippen molar-refractivity contribution >= 4 is 0 Å². The number of tetrazole rings is 1. The predicted octanol–water partition coefficient (Wildman–Crippen LogP) is 0.745. The summed E-state index contributed by atoms with van der Waals surface area (Å²) in [6.07, 6.45) is 6.98. The molecule has 1 atom stereocenters. The average molecular weight is 251 g/mol. The molecule has 1 aromatic heterocycles. The minimum Gasteiger partial charge on any atom is -0.396 e. The largest absolute Gasteiger partial charge is 0.396 e. The van der Waals surface area contributed by atoms with Crippen LogP contribution >= 0.6 is 0 Å². The average Bonchev–Trinajstić information content (AvgIpc) is 3.13. The van der Waals surface area contributed by atoms with E-state index in [-0.39, 0.29) is 6.61 Å². The van der Waals surface area contributed by atoms with Crippen molar-refractivity contribution in [1.29, 1.82) is 0 Å². The van der Waals surface area contributed by atoms with E-state index in [0.717, 1.165) is 25.3 Å². The van der Waals surface area contributed by atoms with Crippen LogP contribution in [0.15, 0.2) is 0 Å². The predicted molar refractivity (Wildman–Crippen MR) is 65.8 cm³/mol. The van der Waals surface area contributed by atoms with Gasteiger partial charge < -0.3 is 5.11 Å². The zero-order chi connectivity index (χ0) is 12.4. The molecule has 1 unspecified atom stereocenters. The van der Waals surface area contributed by atoms with Crippen LogP contribution in [0.1, 0.15) is 50.4 Å². The standard InChI is InChI=1S/C12H21N5O/c18-8-6-10-3-1-2-7-16(10)9-12-13-14-15-17(12)11-4-5-11/h10-11,18H,1-9H2. The third-order valence-corrected chi connectivity index (χ3v) is 4.01. The van der Waals surface area contributed by atoms with Crippen LogP contribution in [0.2, 0.25) is 0 Å². The molecule has 6 nitrogen and oxygen atoms in total. The summed E-state index contributed by atoms with van der Waals surface area (Å²) in [5.74, 6) is 0.988. The Balaban J connectivity index is 1.67. The van der Waals surface area contributed by atoms with Gasteiger partial charge in [0.1, 0.15) is 0 Å². The van der Waals surface area contributed by atoms with Crippen LogP contribution < -0.4 is 0 Å². The molecule has 0 amide bonds. The van der Waals surface area contributed by atoms with E-state index >= 15 is 0 Å². The molecule has 2 aliphatic rings. The van der Waals surface area contributed by atoms with Crippen molar-refractivity contribution in [3.63, 3.8) is 0 Å². The molecule has 2 heterocycles. The number of nitrogens with zero attached hydrogens (tertiary/aromatic N) is 5. The lowest BCUT2D eigenvalue weighted by Gasteiger charge is -2.34. The SMILES string of the molecule is OCCC1CCCCN1Cc1nnnn1C1CC1. The highest BCUT2D eigenvalue weighted by Gasteiger charge is 2.30. The maximum atomic E-state index is 9.14. The van der Waals surface area contributed by atoms with Gasteiger partial charge in [0.25, 0.3) is 0 Å². The van der Waals surface area contributed by atoms with E-state index in [1.807, 2.05) is 4.68 Å². The van der Waals surface area contributed by atoms with Gasteiger partial charge in [-0.25, -0.2) is 4.68 Å². The van der Waals surface area contributed by atoms with Gasteiger partial charge in [-0.05, 0) is 49.1 Å². The van der Waals surface area contributed by atoms with Crippen LogP contribution in [0, 0.1) is 0 Å². The summed E-state index contributed by atoms with van der Waals surface area (Å²) in [5, 5.41) is 21.2. The van der Waals surface area contributed by atoms with Crippen LogP contribution in [0.3, 0.4) is 0 Å². The van der Waals surface area contributed by atoms with Crippen LogP contribution in [-0.4, -0.2) is 49.4 Å². The van der Waals surface area contributed by atoms with Gasteiger partial charge in [0.15, 0.2) is 5.82 Å². The molecule has 18 heavy (non-hydrogen) atoms. The Morgan fingerprint density at radius 3 is 2.89 bits per heavy atom. The number of piperidine rings is 1. The lowest BCUT2D eigenvalue weighted by molar-refractivity contribution is 0.108. The highest BCUT2D eigenvalue weighted by atomic mass is 16.3. The van der Waals surface area contributed by atoms with Gasteiger partial charge in [0, 0.05) is 12.6 Å². The van der Waals surface area contributed by atoms with Gasteiger partial charge >= 0.3 is 0 Å². The Hall–Kier alpha value is -1.01.